The Balaban J connectivity index is 0.00000192. The first-order valence-electron chi connectivity index (χ1n) is 8.20. The standard InChI is InChI=1S/C17H24ClN3O.HI/c1-2-19-17(21-15-11-13-7-8-16(15)22-13)20-10-9-12-5-3-4-6-14(12)18;/h3-6,13,15-16H,2,7-11H2,1H3,(H2,19,20,21);1H. The fraction of sp³-hybridized carbons (Fsp3) is 0.588. The van der Waals surface area contributed by atoms with Crippen LogP contribution in [0.2, 0.25) is 5.02 Å². The van der Waals surface area contributed by atoms with Gasteiger partial charge in [-0.25, -0.2) is 0 Å². The van der Waals surface area contributed by atoms with Gasteiger partial charge in [-0.3, -0.25) is 4.99 Å². The van der Waals surface area contributed by atoms with E-state index in [4.69, 9.17) is 16.3 Å². The van der Waals surface area contributed by atoms with Crippen LogP contribution < -0.4 is 10.6 Å². The maximum absolute atomic E-state index is 6.18. The van der Waals surface area contributed by atoms with E-state index in [1.54, 1.807) is 0 Å². The molecule has 2 N–H and O–H groups in total. The number of rotatable bonds is 5. The predicted molar refractivity (Wildman–Crippen MR) is 106 cm³/mol. The van der Waals surface area contributed by atoms with E-state index in [1.807, 2.05) is 18.2 Å². The Morgan fingerprint density at radius 3 is 2.83 bits per heavy atom. The van der Waals surface area contributed by atoms with Gasteiger partial charge in [0, 0.05) is 18.1 Å². The topological polar surface area (TPSA) is 45.7 Å². The third-order valence-corrected chi connectivity index (χ3v) is 4.75. The molecule has 2 saturated heterocycles. The highest BCUT2D eigenvalue weighted by Gasteiger charge is 2.41. The molecule has 4 nitrogen and oxygen atoms in total. The minimum atomic E-state index is 0. The van der Waals surface area contributed by atoms with Crippen molar-refractivity contribution in [2.75, 3.05) is 13.1 Å². The number of nitrogens with zero attached hydrogens (tertiary/aromatic N) is 1. The molecule has 128 valence electrons. The summed E-state index contributed by atoms with van der Waals surface area (Å²) < 4.78 is 5.89. The maximum Gasteiger partial charge on any atom is 0.191 e. The van der Waals surface area contributed by atoms with Crippen molar-refractivity contribution in [2.45, 2.75) is 50.9 Å². The molecule has 6 heteroatoms. The first-order valence-corrected chi connectivity index (χ1v) is 8.57. The summed E-state index contributed by atoms with van der Waals surface area (Å²) in [5, 5.41) is 7.67. The summed E-state index contributed by atoms with van der Waals surface area (Å²) in [6, 6.07) is 8.35. The van der Waals surface area contributed by atoms with Crippen LogP contribution in [0.25, 0.3) is 0 Å². The number of guanidine groups is 1. The summed E-state index contributed by atoms with van der Waals surface area (Å²) in [7, 11) is 0. The van der Waals surface area contributed by atoms with Crippen molar-refractivity contribution >= 4 is 41.5 Å². The van der Waals surface area contributed by atoms with E-state index in [-0.39, 0.29) is 24.0 Å². The first kappa shape index (κ1) is 18.8. The van der Waals surface area contributed by atoms with Crippen LogP contribution in [0.1, 0.15) is 31.7 Å². The van der Waals surface area contributed by atoms with Crippen molar-refractivity contribution < 1.29 is 4.74 Å². The lowest BCUT2D eigenvalue weighted by Crippen LogP contribution is -2.47. The Morgan fingerprint density at radius 2 is 2.17 bits per heavy atom. The van der Waals surface area contributed by atoms with Gasteiger partial charge in [-0.2, -0.15) is 0 Å². The zero-order valence-electron chi connectivity index (χ0n) is 13.4. The minimum Gasteiger partial charge on any atom is -0.373 e. The Hall–Kier alpha value is -0.530. The van der Waals surface area contributed by atoms with Crippen LogP contribution in [0.5, 0.6) is 0 Å². The summed E-state index contributed by atoms with van der Waals surface area (Å²) in [6.45, 7) is 3.67. The van der Waals surface area contributed by atoms with Gasteiger partial charge in [0.1, 0.15) is 0 Å². The highest BCUT2D eigenvalue weighted by atomic mass is 127. The van der Waals surface area contributed by atoms with Gasteiger partial charge in [-0.1, -0.05) is 29.8 Å². The molecule has 2 fully saturated rings. The quantitative estimate of drug-likeness (QED) is 0.412. The van der Waals surface area contributed by atoms with Gasteiger partial charge < -0.3 is 15.4 Å². The van der Waals surface area contributed by atoms with Crippen molar-refractivity contribution in [3.8, 4) is 0 Å². The summed E-state index contributed by atoms with van der Waals surface area (Å²) in [4.78, 5) is 4.68. The smallest absolute Gasteiger partial charge is 0.191 e. The number of ether oxygens (including phenoxy) is 1. The van der Waals surface area contributed by atoms with E-state index in [0.717, 1.165) is 42.5 Å². The molecule has 23 heavy (non-hydrogen) atoms. The zero-order chi connectivity index (χ0) is 15.4. The number of hydrogen-bond donors (Lipinski definition) is 2. The molecule has 3 unspecified atom stereocenters. The van der Waals surface area contributed by atoms with Gasteiger partial charge in [0.25, 0.3) is 0 Å². The third kappa shape index (κ3) is 4.97. The normalized spacial score (nSPS) is 26.0. The summed E-state index contributed by atoms with van der Waals surface area (Å²) in [5.74, 6) is 0.885. The Labute approximate surface area is 160 Å². The van der Waals surface area contributed by atoms with Crippen molar-refractivity contribution in [3.63, 3.8) is 0 Å². The summed E-state index contributed by atoms with van der Waals surface area (Å²) >= 11 is 6.18. The van der Waals surface area contributed by atoms with Crippen LogP contribution in [-0.4, -0.2) is 37.3 Å². The highest BCUT2D eigenvalue weighted by Crippen LogP contribution is 2.34. The fourth-order valence-electron chi connectivity index (χ4n) is 3.27. The zero-order valence-corrected chi connectivity index (χ0v) is 16.5. The first-order chi connectivity index (χ1) is 10.8. The molecule has 2 heterocycles. The molecule has 0 aliphatic carbocycles. The van der Waals surface area contributed by atoms with Crippen molar-refractivity contribution in [1.82, 2.24) is 10.6 Å². The van der Waals surface area contributed by atoms with Crippen molar-refractivity contribution in [3.05, 3.63) is 34.9 Å². The monoisotopic (exact) mass is 449 g/mol. The number of nitrogens with one attached hydrogen (secondary N) is 2. The molecule has 3 rings (SSSR count). The molecular weight excluding hydrogens is 425 g/mol. The van der Waals surface area contributed by atoms with Crippen LogP contribution in [0.15, 0.2) is 29.3 Å². The molecule has 0 radical (unpaired) electrons. The summed E-state index contributed by atoms with van der Waals surface area (Å²) in [6.07, 6.45) is 5.14. The lowest BCUT2D eigenvalue weighted by Gasteiger charge is -2.22. The van der Waals surface area contributed by atoms with Crippen LogP contribution in [0.3, 0.4) is 0 Å². The van der Waals surface area contributed by atoms with E-state index in [2.05, 4.69) is 28.6 Å². The Morgan fingerprint density at radius 1 is 1.35 bits per heavy atom. The molecule has 1 aromatic rings. The molecule has 3 atom stereocenters. The number of benzene rings is 1. The number of hydrogen-bond acceptors (Lipinski definition) is 2. The van der Waals surface area contributed by atoms with Crippen molar-refractivity contribution in [2.24, 2.45) is 4.99 Å². The van der Waals surface area contributed by atoms with E-state index < -0.39 is 0 Å². The van der Waals surface area contributed by atoms with Gasteiger partial charge in [0.15, 0.2) is 5.96 Å². The molecule has 0 spiro atoms. The Kier molecular flexibility index (Phi) is 7.43. The molecular formula is C17H25ClIN3O. The van der Waals surface area contributed by atoms with E-state index >= 15 is 0 Å². The molecule has 0 aromatic heterocycles. The maximum atomic E-state index is 6.18. The number of aliphatic imine (C=N–C) groups is 1. The average Bonchev–Trinajstić information content (AvgIpc) is 3.12. The van der Waals surface area contributed by atoms with Crippen LogP contribution >= 0.6 is 35.6 Å². The molecule has 2 bridgehead atoms. The predicted octanol–water partition coefficient (Wildman–Crippen LogP) is 3.38. The van der Waals surface area contributed by atoms with Crippen LogP contribution in [0, 0.1) is 0 Å². The van der Waals surface area contributed by atoms with Gasteiger partial charge in [-0.05, 0) is 44.2 Å². The van der Waals surface area contributed by atoms with Gasteiger partial charge in [0.05, 0.1) is 18.2 Å². The fourth-order valence-corrected chi connectivity index (χ4v) is 3.50. The molecule has 0 amide bonds. The molecule has 0 saturated carbocycles. The minimum absolute atomic E-state index is 0. The average molecular weight is 450 g/mol. The van der Waals surface area contributed by atoms with Gasteiger partial charge >= 0.3 is 0 Å². The van der Waals surface area contributed by atoms with Crippen LogP contribution in [0.4, 0.5) is 0 Å². The molecule has 2 aliphatic rings. The lowest BCUT2D eigenvalue weighted by molar-refractivity contribution is 0.0992. The SMILES string of the molecule is CCNC(=NCCc1ccccc1Cl)NC1CC2CCC1O2.I. The molecule has 1 aromatic carbocycles. The van der Waals surface area contributed by atoms with Crippen molar-refractivity contribution in [1.29, 1.82) is 0 Å². The van der Waals surface area contributed by atoms with E-state index in [0.29, 0.717) is 18.2 Å². The number of halogens is 2. The Bertz CT molecular complexity index is 540. The second-order valence-corrected chi connectivity index (χ2v) is 6.37. The van der Waals surface area contributed by atoms with Gasteiger partial charge in [-0.15, -0.1) is 24.0 Å². The van der Waals surface area contributed by atoms with Crippen LogP contribution in [-0.2, 0) is 11.2 Å². The third-order valence-electron chi connectivity index (χ3n) is 4.38. The molecule has 2 aliphatic heterocycles. The summed E-state index contributed by atoms with van der Waals surface area (Å²) in [5.41, 5.74) is 1.15. The van der Waals surface area contributed by atoms with E-state index in [9.17, 15) is 0 Å². The second kappa shape index (κ2) is 9.08. The highest BCUT2D eigenvalue weighted by molar-refractivity contribution is 14.0. The largest absolute Gasteiger partial charge is 0.373 e. The lowest BCUT2D eigenvalue weighted by atomic mass is 9.96. The number of fused-ring (bicyclic) bond motifs is 2. The van der Waals surface area contributed by atoms with Gasteiger partial charge in [0.2, 0.25) is 0 Å². The second-order valence-electron chi connectivity index (χ2n) is 5.96. The van der Waals surface area contributed by atoms with E-state index in [1.165, 1.54) is 12.8 Å².